The SMILES string of the molecule is CCn1cc(S(=O)(=O)c2ccccc2)c(=O)c2cc(C)ccc21. The van der Waals surface area contributed by atoms with Crippen LogP contribution in [0, 0.1) is 6.92 Å². The van der Waals surface area contributed by atoms with E-state index in [-0.39, 0.29) is 9.79 Å². The molecule has 2 aromatic carbocycles. The van der Waals surface area contributed by atoms with Crippen molar-refractivity contribution in [2.24, 2.45) is 0 Å². The number of rotatable bonds is 3. The van der Waals surface area contributed by atoms with Crippen LogP contribution in [-0.4, -0.2) is 13.0 Å². The summed E-state index contributed by atoms with van der Waals surface area (Å²) in [6, 6.07) is 13.6. The van der Waals surface area contributed by atoms with Gasteiger partial charge in [-0.2, -0.15) is 0 Å². The van der Waals surface area contributed by atoms with Gasteiger partial charge in [-0.3, -0.25) is 4.79 Å². The molecule has 118 valence electrons. The van der Waals surface area contributed by atoms with Gasteiger partial charge in [-0.25, -0.2) is 8.42 Å². The molecule has 0 spiro atoms. The summed E-state index contributed by atoms with van der Waals surface area (Å²) in [6.07, 6.45) is 1.45. The van der Waals surface area contributed by atoms with Crippen LogP contribution in [0.1, 0.15) is 12.5 Å². The van der Waals surface area contributed by atoms with Crippen molar-refractivity contribution in [3.05, 3.63) is 70.5 Å². The Labute approximate surface area is 134 Å². The molecule has 4 nitrogen and oxygen atoms in total. The number of pyridine rings is 1. The van der Waals surface area contributed by atoms with Gasteiger partial charge in [0.05, 0.1) is 10.4 Å². The lowest BCUT2D eigenvalue weighted by atomic mass is 10.1. The van der Waals surface area contributed by atoms with Crippen molar-refractivity contribution >= 4 is 20.7 Å². The Bertz CT molecular complexity index is 1040. The van der Waals surface area contributed by atoms with Gasteiger partial charge in [0.2, 0.25) is 15.3 Å². The van der Waals surface area contributed by atoms with Crippen LogP contribution in [0.4, 0.5) is 0 Å². The molecule has 0 saturated heterocycles. The van der Waals surface area contributed by atoms with Crippen molar-refractivity contribution in [3.8, 4) is 0 Å². The zero-order valence-corrected chi connectivity index (χ0v) is 13.8. The van der Waals surface area contributed by atoms with Crippen molar-refractivity contribution < 1.29 is 8.42 Å². The fourth-order valence-electron chi connectivity index (χ4n) is 2.66. The molecule has 0 fully saturated rings. The molecular weight excluding hydrogens is 310 g/mol. The number of benzene rings is 2. The number of nitrogens with zero attached hydrogens (tertiary/aromatic N) is 1. The van der Waals surface area contributed by atoms with E-state index in [9.17, 15) is 13.2 Å². The molecule has 23 heavy (non-hydrogen) atoms. The second-order valence-corrected chi connectivity index (χ2v) is 7.36. The third-order valence-electron chi connectivity index (χ3n) is 3.89. The Morgan fingerprint density at radius 1 is 1.04 bits per heavy atom. The molecule has 3 rings (SSSR count). The molecule has 0 amide bonds. The lowest BCUT2D eigenvalue weighted by molar-refractivity contribution is 0.593. The van der Waals surface area contributed by atoms with Gasteiger partial charge in [-0.1, -0.05) is 29.8 Å². The summed E-state index contributed by atoms with van der Waals surface area (Å²) in [7, 11) is -3.84. The van der Waals surface area contributed by atoms with Crippen LogP contribution < -0.4 is 5.43 Å². The number of sulfone groups is 1. The highest BCUT2D eigenvalue weighted by Crippen LogP contribution is 2.21. The van der Waals surface area contributed by atoms with Crippen LogP contribution in [0.5, 0.6) is 0 Å². The van der Waals surface area contributed by atoms with Crippen molar-refractivity contribution in [2.75, 3.05) is 0 Å². The maximum Gasteiger partial charge on any atom is 0.211 e. The molecule has 1 heterocycles. The summed E-state index contributed by atoms with van der Waals surface area (Å²) in [6.45, 7) is 4.38. The van der Waals surface area contributed by atoms with E-state index in [1.807, 2.05) is 26.0 Å². The first-order chi connectivity index (χ1) is 10.9. The predicted octanol–water partition coefficient (Wildman–Crippen LogP) is 3.16. The summed E-state index contributed by atoms with van der Waals surface area (Å²) in [5, 5.41) is 0.434. The molecule has 0 saturated carbocycles. The predicted molar refractivity (Wildman–Crippen MR) is 90.5 cm³/mol. The van der Waals surface area contributed by atoms with Gasteiger partial charge in [0.1, 0.15) is 4.90 Å². The van der Waals surface area contributed by atoms with E-state index >= 15 is 0 Å². The van der Waals surface area contributed by atoms with Crippen LogP contribution in [-0.2, 0) is 16.4 Å². The summed E-state index contributed by atoms with van der Waals surface area (Å²) < 4.78 is 27.5. The number of hydrogen-bond donors (Lipinski definition) is 0. The minimum Gasteiger partial charge on any atom is -0.346 e. The van der Waals surface area contributed by atoms with Gasteiger partial charge in [-0.15, -0.1) is 0 Å². The van der Waals surface area contributed by atoms with Crippen molar-refractivity contribution in [3.63, 3.8) is 0 Å². The van der Waals surface area contributed by atoms with E-state index in [4.69, 9.17) is 0 Å². The first kappa shape index (κ1) is 15.5. The largest absolute Gasteiger partial charge is 0.346 e. The Morgan fingerprint density at radius 3 is 2.39 bits per heavy atom. The van der Waals surface area contributed by atoms with Crippen molar-refractivity contribution in [1.29, 1.82) is 0 Å². The molecule has 0 aliphatic heterocycles. The highest BCUT2D eigenvalue weighted by Gasteiger charge is 2.23. The molecule has 0 aliphatic rings. The average molecular weight is 327 g/mol. The number of hydrogen-bond acceptors (Lipinski definition) is 3. The third-order valence-corrected chi connectivity index (χ3v) is 5.65. The van der Waals surface area contributed by atoms with E-state index in [0.717, 1.165) is 11.1 Å². The van der Waals surface area contributed by atoms with Crippen LogP contribution >= 0.6 is 0 Å². The standard InChI is InChI=1S/C18H17NO3S/c1-3-19-12-17(23(21,22)14-7-5-4-6-8-14)18(20)15-11-13(2)9-10-16(15)19/h4-12H,3H2,1-2H3. The summed E-state index contributed by atoms with van der Waals surface area (Å²) in [4.78, 5) is 12.7. The van der Waals surface area contributed by atoms with Gasteiger partial charge in [0, 0.05) is 18.1 Å². The number of aromatic nitrogens is 1. The van der Waals surface area contributed by atoms with Crippen molar-refractivity contribution in [2.45, 2.75) is 30.2 Å². The molecule has 0 radical (unpaired) electrons. The summed E-state index contributed by atoms with van der Waals surface area (Å²) in [5.41, 5.74) is 1.22. The normalized spacial score (nSPS) is 11.7. The molecule has 3 aromatic rings. The lowest BCUT2D eigenvalue weighted by Gasteiger charge is -2.12. The zero-order chi connectivity index (χ0) is 16.6. The molecule has 5 heteroatoms. The second-order valence-electron chi connectivity index (χ2n) is 5.45. The smallest absolute Gasteiger partial charge is 0.211 e. The van der Waals surface area contributed by atoms with E-state index in [1.54, 1.807) is 28.8 Å². The Balaban J connectivity index is 2.39. The Morgan fingerprint density at radius 2 is 1.74 bits per heavy atom. The van der Waals surface area contributed by atoms with E-state index in [1.165, 1.54) is 18.3 Å². The lowest BCUT2D eigenvalue weighted by Crippen LogP contribution is -2.19. The maximum absolute atomic E-state index is 12.8. The zero-order valence-electron chi connectivity index (χ0n) is 13.0. The number of fused-ring (bicyclic) bond motifs is 1. The molecule has 1 aromatic heterocycles. The van der Waals surface area contributed by atoms with E-state index in [0.29, 0.717) is 11.9 Å². The highest BCUT2D eigenvalue weighted by atomic mass is 32.2. The van der Waals surface area contributed by atoms with Crippen molar-refractivity contribution in [1.82, 2.24) is 4.57 Å². The summed E-state index contributed by atoms with van der Waals surface area (Å²) >= 11 is 0. The molecule has 0 unspecified atom stereocenters. The molecular formula is C18H17NO3S. The minimum atomic E-state index is -3.84. The van der Waals surface area contributed by atoms with Gasteiger partial charge in [0.25, 0.3) is 0 Å². The second kappa shape index (κ2) is 5.66. The molecule has 0 N–H and O–H groups in total. The molecule has 0 aliphatic carbocycles. The van der Waals surface area contributed by atoms with Crippen LogP contribution in [0.25, 0.3) is 10.9 Å². The van der Waals surface area contributed by atoms with E-state index < -0.39 is 15.3 Å². The fraction of sp³-hybridized carbons (Fsp3) is 0.167. The number of aryl methyl sites for hydroxylation is 2. The fourth-order valence-corrected chi connectivity index (χ4v) is 4.05. The maximum atomic E-state index is 12.8. The first-order valence-electron chi connectivity index (χ1n) is 7.39. The Hall–Kier alpha value is -2.40. The quantitative estimate of drug-likeness (QED) is 0.742. The molecule has 0 bridgehead atoms. The van der Waals surface area contributed by atoms with Crippen LogP contribution in [0.15, 0.2) is 69.3 Å². The average Bonchev–Trinajstić information content (AvgIpc) is 2.56. The van der Waals surface area contributed by atoms with Gasteiger partial charge >= 0.3 is 0 Å². The Kier molecular flexibility index (Phi) is 3.82. The topological polar surface area (TPSA) is 56.1 Å². The van der Waals surface area contributed by atoms with Gasteiger partial charge in [0.15, 0.2) is 0 Å². The third kappa shape index (κ3) is 2.57. The van der Waals surface area contributed by atoms with Crippen LogP contribution in [0.2, 0.25) is 0 Å². The van der Waals surface area contributed by atoms with E-state index in [2.05, 4.69) is 0 Å². The first-order valence-corrected chi connectivity index (χ1v) is 8.87. The van der Waals surface area contributed by atoms with Gasteiger partial charge in [-0.05, 0) is 38.1 Å². The van der Waals surface area contributed by atoms with Crippen LogP contribution in [0.3, 0.4) is 0 Å². The highest BCUT2D eigenvalue weighted by molar-refractivity contribution is 7.91. The minimum absolute atomic E-state index is 0.131. The summed E-state index contributed by atoms with van der Waals surface area (Å²) in [5.74, 6) is 0. The monoisotopic (exact) mass is 327 g/mol. The molecule has 0 atom stereocenters. The van der Waals surface area contributed by atoms with Gasteiger partial charge < -0.3 is 4.57 Å².